The molecule has 0 unspecified atom stereocenters. The van der Waals surface area contributed by atoms with Gasteiger partial charge in [-0.1, -0.05) is 56.8 Å². The minimum Gasteiger partial charge on any atom is -0.487 e. The van der Waals surface area contributed by atoms with Gasteiger partial charge in [-0.3, -0.25) is 4.79 Å². The molecule has 0 aliphatic carbocycles. The summed E-state index contributed by atoms with van der Waals surface area (Å²) >= 11 is 25.2. The zero-order chi connectivity index (χ0) is 23.7. The van der Waals surface area contributed by atoms with Gasteiger partial charge in [0, 0.05) is 15.1 Å². The van der Waals surface area contributed by atoms with Crippen LogP contribution in [0.2, 0.25) is 15.1 Å². The van der Waals surface area contributed by atoms with E-state index in [0.29, 0.717) is 47.6 Å². The number of benzene rings is 3. The van der Waals surface area contributed by atoms with Crippen molar-refractivity contribution in [1.29, 1.82) is 0 Å². The normalized spacial score (nSPS) is 11.5. The summed E-state index contributed by atoms with van der Waals surface area (Å²) in [5.41, 5.74) is 1.73. The van der Waals surface area contributed by atoms with Gasteiger partial charge in [-0.25, -0.2) is 4.98 Å². The Balaban J connectivity index is 1.71. The Morgan fingerprint density at radius 3 is 2.61 bits per heavy atom. The highest BCUT2D eigenvalue weighted by Gasteiger charge is 2.12. The monoisotopic (exact) mass is 627 g/mol. The van der Waals surface area contributed by atoms with Crippen molar-refractivity contribution >= 4 is 83.8 Å². The third-order valence-electron chi connectivity index (χ3n) is 4.69. The maximum Gasteiger partial charge on any atom is 0.282 e. The maximum absolute atomic E-state index is 13.0. The lowest BCUT2D eigenvalue weighted by molar-refractivity contribution is 0.304. The van der Waals surface area contributed by atoms with Crippen LogP contribution in [0.4, 0.5) is 0 Å². The summed E-state index contributed by atoms with van der Waals surface area (Å²) < 4.78 is 8.70. The van der Waals surface area contributed by atoms with Crippen LogP contribution in [0, 0.1) is 6.92 Å². The van der Waals surface area contributed by atoms with Gasteiger partial charge in [0.25, 0.3) is 5.56 Å². The molecule has 0 fully saturated rings. The van der Waals surface area contributed by atoms with Crippen molar-refractivity contribution in [3.05, 3.63) is 99.8 Å². The number of ether oxygens (including phenoxy) is 1. The van der Waals surface area contributed by atoms with Crippen LogP contribution < -0.4 is 10.3 Å². The predicted molar refractivity (Wildman–Crippen MR) is 141 cm³/mol. The lowest BCUT2D eigenvalue weighted by Crippen LogP contribution is -2.20. The minimum absolute atomic E-state index is 0.239. The highest BCUT2D eigenvalue weighted by molar-refractivity contribution is 9.10. The number of aryl methyl sites for hydroxylation is 1. The van der Waals surface area contributed by atoms with Gasteiger partial charge in [0.05, 0.1) is 31.6 Å². The van der Waals surface area contributed by atoms with E-state index in [0.717, 1.165) is 10.0 Å². The fourth-order valence-electron chi connectivity index (χ4n) is 3.13. The molecule has 5 nitrogen and oxygen atoms in total. The molecule has 0 bridgehead atoms. The number of hydrogen-bond acceptors (Lipinski definition) is 4. The van der Waals surface area contributed by atoms with Gasteiger partial charge in [-0.2, -0.15) is 9.78 Å². The second-order valence-corrected chi connectivity index (χ2v) is 10.0. The zero-order valence-corrected chi connectivity index (χ0v) is 22.4. The molecule has 3 aromatic carbocycles. The molecule has 10 heteroatoms. The van der Waals surface area contributed by atoms with Gasteiger partial charge in [-0.15, -0.1) is 0 Å². The Hall–Kier alpha value is -1.90. The van der Waals surface area contributed by atoms with E-state index in [1.165, 1.54) is 10.9 Å². The van der Waals surface area contributed by atoms with Gasteiger partial charge in [0.2, 0.25) is 0 Å². The number of halogens is 5. The summed E-state index contributed by atoms with van der Waals surface area (Å²) in [6, 6.07) is 14.0. The first kappa shape index (κ1) is 24.2. The van der Waals surface area contributed by atoms with Crippen molar-refractivity contribution in [3.63, 3.8) is 0 Å². The van der Waals surface area contributed by atoms with E-state index in [9.17, 15) is 4.79 Å². The Morgan fingerprint density at radius 2 is 1.85 bits per heavy atom. The van der Waals surface area contributed by atoms with Crippen LogP contribution in [-0.2, 0) is 6.61 Å². The Morgan fingerprint density at radius 1 is 1.06 bits per heavy atom. The summed E-state index contributed by atoms with van der Waals surface area (Å²) in [4.78, 5) is 17.5. The zero-order valence-electron chi connectivity index (χ0n) is 17.0. The van der Waals surface area contributed by atoms with E-state index in [1.54, 1.807) is 43.3 Å². The van der Waals surface area contributed by atoms with Gasteiger partial charge in [0.1, 0.15) is 18.2 Å². The average Bonchev–Trinajstić information content (AvgIpc) is 2.76. The van der Waals surface area contributed by atoms with Crippen LogP contribution >= 0.6 is 66.7 Å². The molecule has 0 aliphatic heterocycles. The van der Waals surface area contributed by atoms with Crippen molar-refractivity contribution < 1.29 is 4.74 Å². The first-order valence-corrected chi connectivity index (χ1v) is 12.2. The van der Waals surface area contributed by atoms with Crippen LogP contribution in [0.1, 0.15) is 17.0 Å². The van der Waals surface area contributed by atoms with E-state index >= 15 is 0 Å². The van der Waals surface area contributed by atoms with E-state index in [-0.39, 0.29) is 12.2 Å². The summed E-state index contributed by atoms with van der Waals surface area (Å²) in [6.07, 6.45) is 1.51. The number of hydrogen-bond donors (Lipinski definition) is 0. The second-order valence-electron chi connectivity index (χ2n) is 7.03. The van der Waals surface area contributed by atoms with Crippen molar-refractivity contribution in [2.45, 2.75) is 13.5 Å². The average molecular weight is 631 g/mol. The molecule has 4 rings (SSSR count). The van der Waals surface area contributed by atoms with Crippen molar-refractivity contribution in [3.8, 4) is 5.75 Å². The summed E-state index contributed by atoms with van der Waals surface area (Å²) in [5.74, 6) is 0.960. The SMILES string of the molecule is Cc1nc2ccc(Br)cc2c(=O)n1N=Cc1cc(Cl)cc(Br)c1OCc1ccc(Cl)c(Cl)c1. The molecule has 0 saturated heterocycles. The molecule has 4 aromatic rings. The van der Waals surface area contributed by atoms with E-state index in [1.807, 2.05) is 12.1 Å². The second kappa shape index (κ2) is 10.2. The highest BCUT2D eigenvalue weighted by atomic mass is 79.9. The molecular weight excluding hydrogens is 616 g/mol. The third kappa shape index (κ3) is 5.44. The van der Waals surface area contributed by atoms with Crippen LogP contribution in [0.25, 0.3) is 10.9 Å². The Labute approximate surface area is 221 Å². The lowest BCUT2D eigenvalue weighted by Gasteiger charge is -2.13. The number of fused-ring (bicyclic) bond motifs is 1. The molecule has 168 valence electrons. The number of rotatable bonds is 5. The van der Waals surface area contributed by atoms with Crippen molar-refractivity contribution in [2.24, 2.45) is 5.10 Å². The quantitative estimate of drug-likeness (QED) is 0.213. The topological polar surface area (TPSA) is 56.5 Å². The van der Waals surface area contributed by atoms with Crippen LogP contribution in [0.3, 0.4) is 0 Å². The predicted octanol–water partition coefficient (Wildman–Crippen LogP) is 7.65. The molecule has 0 amide bonds. The van der Waals surface area contributed by atoms with Crippen LogP contribution in [-0.4, -0.2) is 15.9 Å². The molecule has 0 radical (unpaired) electrons. The molecule has 0 spiro atoms. The molecule has 0 N–H and O–H groups in total. The largest absolute Gasteiger partial charge is 0.487 e. The van der Waals surface area contributed by atoms with Gasteiger partial charge < -0.3 is 4.74 Å². The van der Waals surface area contributed by atoms with E-state index in [4.69, 9.17) is 39.5 Å². The molecule has 33 heavy (non-hydrogen) atoms. The first-order valence-electron chi connectivity index (χ1n) is 9.52. The van der Waals surface area contributed by atoms with Gasteiger partial charge in [-0.05, 0) is 70.9 Å². The molecule has 1 heterocycles. The van der Waals surface area contributed by atoms with Crippen molar-refractivity contribution in [1.82, 2.24) is 9.66 Å². The first-order chi connectivity index (χ1) is 15.7. The molecular formula is C23H14Br2Cl3N3O2. The Bertz CT molecular complexity index is 1470. The maximum atomic E-state index is 13.0. The van der Waals surface area contributed by atoms with E-state index in [2.05, 4.69) is 41.9 Å². The minimum atomic E-state index is -0.283. The summed E-state index contributed by atoms with van der Waals surface area (Å²) in [6.45, 7) is 1.96. The smallest absolute Gasteiger partial charge is 0.282 e. The van der Waals surface area contributed by atoms with Gasteiger partial charge in [0.15, 0.2) is 0 Å². The van der Waals surface area contributed by atoms with Crippen LogP contribution in [0.15, 0.2) is 67.4 Å². The summed E-state index contributed by atoms with van der Waals surface area (Å²) in [5, 5.41) is 6.23. The van der Waals surface area contributed by atoms with Gasteiger partial charge >= 0.3 is 0 Å². The van der Waals surface area contributed by atoms with Crippen molar-refractivity contribution in [2.75, 3.05) is 0 Å². The summed E-state index contributed by atoms with van der Waals surface area (Å²) in [7, 11) is 0. The number of nitrogens with zero attached hydrogens (tertiary/aromatic N) is 3. The molecule has 0 atom stereocenters. The molecule has 1 aromatic heterocycles. The molecule has 0 aliphatic rings. The van der Waals surface area contributed by atoms with Crippen LogP contribution in [0.5, 0.6) is 5.75 Å². The fourth-order valence-corrected chi connectivity index (χ4v) is 4.76. The number of aromatic nitrogens is 2. The standard InChI is InChI=1S/C23H14Br2Cl3N3O2/c1-12-30-21-5-3-15(24)8-17(21)23(32)31(12)29-10-14-7-16(26)9-18(25)22(14)33-11-13-2-4-19(27)20(28)6-13/h2-10H,11H2,1H3. The lowest BCUT2D eigenvalue weighted by atomic mass is 10.2. The fraction of sp³-hybridized carbons (Fsp3) is 0.0870. The Kier molecular flexibility index (Phi) is 7.46. The highest BCUT2D eigenvalue weighted by Crippen LogP contribution is 2.33. The molecule has 0 saturated carbocycles. The van der Waals surface area contributed by atoms with E-state index < -0.39 is 0 Å². The third-order valence-corrected chi connectivity index (χ3v) is 6.73.